The molecule has 1 unspecified atom stereocenters. The van der Waals surface area contributed by atoms with E-state index in [1.165, 1.54) is 0 Å². The Hall–Kier alpha value is -1.13. The summed E-state index contributed by atoms with van der Waals surface area (Å²) in [5.41, 5.74) is 0.942. The Morgan fingerprint density at radius 2 is 2.42 bits per heavy atom. The highest BCUT2D eigenvalue weighted by Gasteiger charge is 2.26. The van der Waals surface area contributed by atoms with Crippen molar-refractivity contribution in [2.75, 3.05) is 19.7 Å². The van der Waals surface area contributed by atoms with E-state index in [0.29, 0.717) is 11.8 Å². The van der Waals surface area contributed by atoms with Crippen molar-refractivity contribution in [1.82, 2.24) is 9.88 Å². The molecule has 2 heterocycles. The molecule has 1 aliphatic rings. The maximum atomic E-state index is 11.8. The molecule has 0 saturated carbocycles. The highest BCUT2D eigenvalue weighted by molar-refractivity contribution is 6.29. The van der Waals surface area contributed by atoms with Crippen molar-refractivity contribution in [3.05, 3.63) is 29.0 Å². The van der Waals surface area contributed by atoms with Crippen molar-refractivity contribution in [3.8, 4) is 0 Å². The number of esters is 1. The van der Waals surface area contributed by atoms with Gasteiger partial charge in [-0.3, -0.25) is 9.69 Å². The molecule has 0 radical (unpaired) electrons. The molecule has 0 bridgehead atoms. The molecule has 0 spiro atoms. The van der Waals surface area contributed by atoms with Gasteiger partial charge in [-0.05, 0) is 38.4 Å². The van der Waals surface area contributed by atoms with E-state index in [1.807, 2.05) is 19.1 Å². The summed E-state index contributed by atoms with van der Waals surface area (Å²) < 4.78 is 5.10. The Bertz CT molecular complexity index is 439. The number of hydrogen-bond donors (Lipinski definition) is 0. The van der Waals surface area contributed by atoms with E-state index in [1.54, 1.807) is 6.07 Å². The summed E-state index contributed by atoms with van der Waals surface area (Å²) in [6.45, 7) is 4.76. The lowest BCUT2D eigenvalue weighted by atomic mass is 9.98. The summed E-state index contributed by atoms with van der Waals surface area (Å²) in [6.07, 6.45) is 1.93. The van der Waals surface area contributed by atoms with Crippen molar-refractivity contribution in [2.24, 2.45) is 5.92 Å². The Balaban J connectivity index is 1.92. The molecule has 1 aromatic rings. The van der Waals surface area contributed by atoms with Crippen LogP contribution in [0, 0.1) is 5.92 Å². The zero-order chi connectivity index (χ0) is 13.7. The fraction of sp³-hybridized carbons (Fsp3) is 0.571. The summed E-state index contributed by atoms with van der Waals surface area (Å²) in [5.74, 6) is -0.0841. The number of likely N-dealkylation sites (tertiary alicyclic amines) is 1. The van der Waals surface area contributed by atoms with E-state index in [2.05, 4.69) is 9.88 Å². The molecule has 0 aliphatic carbocycles. The van der Waals surface area contributed by atoms with Crippen LogP contribution in [0.5, 0.6) is 0 Å². The van der Waals surface area contributed by atoms with Crippen LogP contribution in [0.1, 0.15) is 25.5 Å². The highest BCUT2D eigenvalue weighted by Crippen LogP contribution is 2.19. The first-order valence-electron chi connectivity index (χ1n) is 6.69. The van der Waals surface area contributed by atoms with E-state index < -0.39 is 0 Å². The minimum Gasteiger partial charge on any atom is -0.466 e. The van der Waals surface area contributed by atoms with Gasteiger partial charge >= 0.3 is 5.97 Å². The molecule has 0 N–H and O–H groups in total. The molecule has 19 heavy (non-hydrogen) atoms. The molecule has 1 aliphatic heterocycles. The highest BCUT2D eigenvalue weighted by atomic mass is 35.5. The Morgan fingerprint density at radius 1 is 1.58 bits per heavy atom. The minimum atomic E-state index is -0.0775. The van der Waals surface area contributed by atoms with E-state index in [0.717, 1.165) is 38.2 Å². The van der Waals surface area contributed by atoms with Gasteiger partial charge in [-0.25, -0.2) is 4.98 Å². The molecule has 5 heteroatoms. The van der Waals surface area contributed by atoms with E-state index in [4.69, 9.17) is 16.3 Å². The first kappa shape index (κ1) is 14.3. The standard InChI is InChI=1S/C14H19ClN2O2/c1-2-19-14(18)11-5-4-8-17(9-11)10-12-6-3-7-13(15)16-12/h3,6-7,11H,2,4-5,8-10H2,1H3. The van der Waals surface area contributed by atoms with Crippen LogP contribution in [-0.2, 0) is 16.1 Å². The smallest absolute Gasteiger partial charge is 0.310 e. The number of carbonyl (C=O) groups is 1. The summed E-state index contributed by atoms with van der Waals surface area (Å²) in [7, 11) is 0. The van der Waals surface area contributed by atoms with Gasteiger partial charge in [-0.2, -0.15) is 0 Å². The molecule has 2 rings (SSSR count). The van der Waals surface area contributed by atoms with Gasteiger partial charge in [0.25, 0.3) is 0 Å². The average Bonchev–Trinajstić information content (AvgIpc) is 2.39. The van der Waals surface area contributed by atoms with E-state index in [-0.39, 0.29) is 11.9 Å². The normalized spacial score (nSPS) is 20.2. The Morgan fingerprint density at radius 3 is 3.16 bits per heavy atom. The van der Waals surface area contributed by atoms with Crippen molar-refractivity contribution < 1.29 is 9.53 Å². The van der Waals surface area contributed by atoms with Gasteiger partial charge in [0.2, 0.25) is 0 Å². The van der Waals surface area contributed by atoms with Gasteiger partial charge in [0.1, 0.15) is 5.15 Å². The second-order valence-corrected chi connectivity index (χ2v) is 5.17. The van der Waals surface area contributed by atoms with Crippen LogP contribution < -0.4 is 0 Å². The average molecular weight is 283 g/mol. The second kappa shape index (κ2) is 6.87. The van der Waals surface area contributed by atoms with Crippen LogP contribution in [0.3, 0.4) is 0 Å². The van der Waals surface area contributed by atoms with E-state index in [9.17, 15) is 4.79 Å². The summed E-state index contributed by atoms with van der Waals surface area (Å²) >= 11 is 5.88. The van der Waals surface area contributed by atoms with Gasteiger partial charge in [-0.1, -0.05) is 17.7 Å². The van der Waals surface area contributed by atoms with Crippen molar-refractivity contribution in [2.45, 2.75) is 26.3 Å². The molecule has 104 valence electrons. The SMILES string of the molecule is CCOC(=O)C1CCCN(Cc2cccc(Cl)n2)C1. The Labute approximate surface area is 118 Å². The predicted molar refractivity (Wildman–Crippen MR) is 73.9 cm³/mol. The number of pyridine rings is 1. The fourth-order valence-electron chi connectivity index (χ4n) is 2.42. The number of piperidine rings is 1. The zero-order valence-electron chi connectivity index (χ0n) is 11.1. The first-order chi connectivity index (χ1) is 9.19. The molecule has 1 atom stereocenters. The zero-order valence-corrected chi connectivity index (χ0v) is 11.9. The summed E-state index contributed by atoms with van der Waals surface area (Å²) in [4.78, 5) is 18.3. The third-order valence-corrected chi connectivity index (χ3v) is 3.49. The van der Waals surface area contributed by atoms with Crippen LogP contribution >= 0.6 is 11.6 Å². The Kier molecular flexibility index (Phi) is 5.16. The van der Waals surface area contributed by atoms with Crippen LogP contribution in [0.2, 0.25) is 5.15 Å². The first-order valence-corrected chi connectivity index (χ1v) is 7.07. The van der Waals surface area contributed by atoms with Crippen LogP contribution in [0.4, 0.5) is 0 Å². The third-order valence-electron chi connectivity index (χ3n) is 3.28. The molecule has 1 aromatic heterocycles. The molecule has 0 aromatic carbocycles. The maximum Gasteiger partial charge on any atom is 0.310 e. The van der Waals surface area contributed by atoms with Gasteiger partial charge in [0.05, 0.1) is 18.2 Å². The van der Waals surface area contributed by atoms with Gasteiger partial charge in [0, 0.05) is 13.1 Å². The lowest BCUT2D eigenvalue weighted by Gasteiger charge is -2.31. The third kappa shape index (κ3) is 4.18. The predicted octanol–water partition coefficient (Wildman–Crippen LogP) is 2.51. The maximum absolute atomic E-state index is 11.8. The minimum absolute atomic E-state index is 0.00659. The number of halogens is 1. The lowest BCUT2D eigenvalue weighted by Crippen LogP contribution is -2.39. The van der Waals surface area contributed by atoms with Gasteiger partial charge in [0.15, 0.2) is 0 Å². The van der Waals surface area contributed by atoms with Crippen molar-refractivity contribution in [3.63, 3.8) is 0 Å². The molecular weight excluding hydrogens is 264 g/mol. The molecule has 1 fully saturated rings. The fourth-order valence-corrected chi connectivity index (χ4v) is 2.60. The number of hydrogen-bond acceptors (Lipinski definition) is 4. The van der Waals surface area contributed by atoms with Crippen LogP contribution in [-0.4, -0.2) is 35.5 Å². The second-order valence-electron chi connectivity index (χ2n) is 4.78. The number of carbonyl (C=O) groups excluding carboxylic acids is 1. The lowest BCUT2D eigenvalue weighted by molar-refractivity contribution is -0.150. The topological polar surface area (TPSA) is 42.4 Å². The van der Waals surface area contributed by atoms with Crippen molar-refractivity contribution in [1.29, 1.82) is 0 Å². The van der Waals surface area contributed by atoms with Crippen LogP contribution in [0.15, 0.2) is 18.2 Å². The van der Waals surface area contributed by atoms with Crippen LogP contribution in [0.25, 0.3) is 0 Å². The molecule has 1 saturated heterocycles. The van der Waals surface area contributed by atoms with Gasteiger partial charge < -0.3 is 4.74 Å². The summed E-state index contributed by atoms with van der Waals surface area (Å²) in [5, 5.41) is 0.511. The number of nitrogens with zero attached hydrogens (tertiary/aromatic N) is 2. The van der Waals surface area contributed by atoms with Gasteiger partial charge in [-0.15, -0.1) is 0 Å². The summed E-state index contributed by atoms with van der Waals surface area (Å²) in [6, 6.07) is 5.62. The monoisotopic (exact) mass is 282 g/mol. The largest absolute Gasteiger partial charge is 0.466 e. The van der Waals surface area contributed by atoms with Crippen molar-refractivity contribution >= 4 is 17.6 Å². The molecular formula is C14H19ClN2O2. The number of aromatic nitrogens is 1. The quantitative estimate of drug-likeness (QED) is 0.629. The van der Waals surface area contributed by atoms with E-state index >= 15 is 0 Å². The number of ether oxygens (including phenoxy) is 1. The molecule has 0 amide bonds. The number of rotatable bonds is 4. The molecule has 4 nitrogen and oxygen atoms in total.